The Hall–Kier alpha value is -1.69. The Kier molecular flexibility index (Phi) is 5.92. The van der Waals surface area contributed by atoms with Gasteiger partial charge in [0.25, 0.3) is 5.91 Å². The lowest BCUT2D eigenvalue weighted by molar-refractivity contribution is 0.0920. The van der Waals surface area contributed by atoms with Crippen molar-refractivity contribution in [2.45, 2.75) is 39.2 Å². The van der Waals surface area contributed by atoms with E-state index in [0.717, 1.165) is 26.2 Å². The Labute approximate surface area is 126 Å². The zero-order chi connectivity index (χ0) is 15.1. The molecular formula is C15H25N5O. The minimum atomic E-state index is -0.160. The fraction of sp³-hybridized carbons (Fsp3) is 0.667. The number of rotatable bonds is 6. The molecule has 116 valence electrons. The Balaban J connectivity index is 1.86. The summed E-state index contributed by atoms with van der Waals surface area (Å²) >= 11 is 0. The lowest BCUT2D eigenvalue weighted by Gasteiger charge is -2.29. The molecule has 1 atom stereocenters. The smallest absolute Gasteiger partial charge is 0.271 e. The maximum absolute atomic E-state index is 12.2. The Morgan fingerprint density at radius 2 is 2.10 bits per heavy atom. The molecule has 2 rings (SSSR count). The highest BCUT2D eigenvalue weighted by atomic mass is 16.1. The first-order chi connectivity index (χ1) is 10.2. The number of amides is 1. The summed E-state index contributed by atoms with van der Waals surface area (Å²) in [6.45, 7) is 7.94. The second-order valence-corrected chi connectivity index (χ2v) is 5.56. The van der Waals surface area contributed by atoms with Gasteiger partial charge in [-0.15, -0.1) is 0 Å². The molecule has 21 heavy (non-hydrogen) atoms. The zero-order valence-corrected chi connectivity index (χ0v) is 12.9. The number of nitrogens with zero attached hydrogens (tertiary/aromatic N) is 3. The molecule has 0 aromatic carbocycles. The Bertz CT molecular complexity index is 459. The van der Waals surface area contributed by atoms with Crippen LogP contribution in [0.5, 0.6) is 0 Å². The van der Waals surface area contributed by atoms with Gasteiger partial charge in [0.15, 0.2) is 0 Å². The summed E-state index contributed by atoms with van der Waals surface area (Å²) in [6.07, 6.45) is 6.97. The monoisotopic (exact) mass is 291 g/mol. The summed E-state index contributed by atoms with van der Waals surface area (Å²) in [5.74, 6) is 0.473. The number of carbonyl (C=O) groups excluding carboxylic acids is 1. The van der Waals surface area contributed by atoms with Crippen LogP contribution in [0.3, 0.4) is 0 Å². The molecular weight excluding hydrogens is 266 g/mol. The van der Waals surface area contributed by atoms with Gasteiger partial charge in [-0.2, -0.15) is 0 Å². The molecule has 2 heterocycles. The van der Waals surface area contributed by atoms with Crippen LogP contribution in [0, 0.1) is 0 Å². The fourth-order valence-electron chi connectivity index (χ4n) is 2.61. The van der Waals surface area contributed by atoms with E-state index in [1.807, 2.05) is 13.8 Å². The summed E-state index contributed by atoms with van der Waals surface area (Å²) < 4.78 is 0. The molecule has 1 saturated heterocycles. The highest BCUT2D eigenvalue weighted by Crippen LogP contribution is 2.09. The lowest BCUT2D eigenvalue weighted by Crippen LogP contribution is -2.43. The van der Waals surface area contributed by atoms with E-state index in [9.17, 15) is 4.79 Å². The van der Waals surface area contributed by atoms with E-state index < -0.39 is 0 Å². The molecule has 1 unspecified atom stereocenters. The third-order valence-corrected chi connectivity index (χ3v) is 3.58. The van der Waals surface area contributed by atoms with Gasteiger partial charge in [-0.25, -0.2) is 4.98 Å². The number of piperidine rings is 1. The van der Waals surface area contributed by atoms with Crippen LogP contribution in [-0.4, -0.2) is 53.0 Å². The average Bonchev–Trinajstić information content (AvgIpc) is 2.48. The predicted octanol–water partition coefficient (Wildman–Crippen LogP) is 1.51. The minimum absolute atomic E-state index is 0.111. The molecule has 1 aromatic rings. The second kappa shape index (κ2) is 7.93. The summed E-state index contributed by atoms with van der Waals surface area (Å²) in [7, 11) is 0. The topological polar surface area (TPSA) is 70.2 Å². The predicted molar refractivity (Wildman–Crippen MR) is 83.4 cm³/mol. The van der Waals surface area contributed by atoms with Gasteiger partial charge in [0, 0.05) is 19.1 Å². The maximum Gasteiger partial charge on any atom is 0.271 e. The van der Waals surface area contributed by atoms with E-state index >= 15 is 0 Å². The van der Waals surface area contributed by atoms with Gasteiger partial charge in [0.05, 0.1) is 12.4 Å². The highest BCUT2D eigenvalue weighted by Gasteiger charge is 2.16. The molecule has 0 bridgehead atoms. The van der Waals surface area contributed by atoms with Crippen LogP contribution in [0.2, 0.25) is 0 Å². The van der Waals surface area contributed by atoms with E-state index in [0.29, 0.717) is 11.5 Å². The maximum atomic E-state index is 12.2. The molecule has 6 nitrogen and oxygen atoms in total. The minimum Gasteiger partial charge on any atom is -0.369 e. The van der Waals surface area contributed by atoms with Gasteiger partial charge < -0.3 is 15.5 Å². The normalized spacial score (nSPS) is 17.2. The van der Waals surface area contributed by atoms with Crippen LogP contribution in [0.15, 0.2) is 12.4 Å². The van der Waals surface area contributed by atoms with Crippen LogP contribution in [0.25, 0.3) is 0 Å². The van der Waals surface area contributed by atoms with Gasteiger partial charge in [-0.05, 0) is 39.8 Å². The van der Waals surface area contributed by atoms with E-state index in [4.69, 9.17) is 0 Å². The average molecular weight is 291 g/mol. The van der Waals surface area contributed by atoms with Crippen LogP contribution < -0.4 is 10.6 Å². The number of carbonyl (C=O) groups is 1. The fourth-order valence-corrected chi connectivity index (χ4v) is 2.61. The molecule has 0 spiro atoms. The van der Waals surface area contributed by atoms with Crippen molar-refractivity contribution >= 4 is 11.7 Å². The summed E-state index contributed by atoms with van der Waals surface area (Å²) in [5, 5.41) is 6.06. The standard InChI is InChI=1S/C15H25N5O/c1-3-17-14-10-16-9-13(19-14)15(21)18-12(2)11-20-7-5-4-6-8-20/h9-10,12H,3-8,11H2,1-2H3,(H,17,19)(H,18,21). The van der Waals surface area contributed by atoms with Gasteiger partial charge >= 0.3 is 0 Å². The molecule has 1 fully saturated rings. The zero-order valence-electron chi connectivity index (χ0n) is 12.9. The van der Waals surface area contributed by atoms with E-state index in [2.05, 4.69) is 25.5 Å². The number of aromatic nitrogens is 2. The first-order valence-corrected chi connectivity index (χ1v) is 7.78. The van der Waals surface area contributed by atoms with E-state index in [1.165, 1.54) is 25.5 Å². The molecule has 1 aliphatic heterocycles. The number of nitrogens with one attached hydrogen (secondary N) is 2. The number of hydrogen-bond donors (Lipinski definition) is 2. The lowest BCUT2D eigenvalue weighted by atomic mass is 10.1. The second-order valence-electron chi connectivity index (χ2n) is 5.56. The Morgan fingerprint density at radius 1 is 1.33 bits per heavy atom. The number of likely N-dealkylation sites (tertiary alicyclic amines) is 1. The van der Waals surface area contributed by atoms with Crippen molar-refractivity contribution in [1.82, 2.24) is 20.2 Å². The van der Waals surface area contributed by atoms with Gasteiger partial charge in [0.1, 0.15) is 11.5 Å². The number of anilines is 1. The largest absolute Gasteiger partial charge is 0.369 e. The van der Waals surface area contributed by atoms with Crippen molar-refractivity contribution in [3.05, 3.63) is 18.1 Å². The van der Waals surface area contributed by atoms with Crippen LogP contribution in [0.4, 0.5) is 5.82 Å². The van der Waals surface area contributed by atoms with Gasteiger partial charge in [-0.3, -0.25) is 9.78 Å². The van der Waals surface area contributed by atoms with Crippen LogP contribution in [-0.2, 0) is 0 Å². The van der Waals surface area contributed by atoms with E-state index in [-0.39, 0.29) is 11.9 Å². The molecule has 1 amide bonds. The molecule has 0 radical (unpaired) electrons. The summed E-state index contributed by atoms with van der Waals surface area (Å²) in [5.41, 5.74) is 0.360. The summed E-state index contributed by atoms with van der Waals surface area (Å²) in [6, 6.07) is 0.111. The molecule has 1 aliphatic rings. The first kappa shape index (κ1) is 15.7. The SMILES string of the molecule is CCNc1cncc(C(=O)NC(C)CN2CCCCC2)n1. The van der Waals surface area contributed by atoms with Crippen molar-refractivity contribution in [2.24, 2.45) is 0 Å². The quantitative estimate of drug-likeness (QED) is 0.831. The third-order valence-electron chi connectivity index (χ3n) is 3.58. The van der Waals surface area contributed by atoms with Gasteiger partial charge in [-0.1, -0.05) is 6.42 Å². The molecule has 0 aliphatic carbocycles. The molecule has 6 heteroatoms. The van der Waals surface area contributed by atoms with E-state index in [1.54, 1.807) is 6.20 Å². The summed E-state index contributed by atoms with van der Waals surface area (Å²) in [4.78, 5) is 22.9. The number of hydrogen-bond acceptors (Lipinski definition) is 5. The first-order valence-electron chi connectivity index (χ1n) is 7.78. The highest BCUT2D eigenvalue weighted by molar-refractivity contribution is 5.92. The van der Waals surface area contributed by atoms with Crippen LogP contribution >= 0.6 is 0 Å². The van der Waals surface area contributed by atoms with Crippen molar-refractivity contribution in [3.63, 3.8) is 0 Å². The third kappa shape index (κ3) is 4.97. The Morgan fingerprint density at radius 3 is 2.81 bits per heavy atom. The van der Waals surface area contributed by atoms with Crippen molar-refractivity contribution in [3.8, 4) is 0 Å². The van der Waals surface area contributed by atoms with Crippen LogP contribution in [0.1, 0.15) is 43.6 Å². The van der Waals surface area contributed by atoms with Crippen molar-refractivity contribution in [2.75, 3.05) is 31.5 Å². The molecule has 0 saturated carbocycles. The van der Waals surface area contributed by atoms with Crippen molar-refractivity contribution in [1.29, 1.82) is 0 Å². The van der Waals surface area contributed by atoms with Crippen molar-refractivity contribution < 1.29 is 4.79 Å². The molecule has 2 N–H and O–H groups in total. The van der Waals surface area contributed by atoms with Gasteiger partial charge in [0.2, 0.25) is 0 Å². The molecule has 1 aromatic heterocycles.